The van der Waals surface area contributed by atoms with Crippen LogP contribution in [0.5, 0.6) is 0 Å². The second-order valence-corrected chi connectivity index (χ2v) is 22.5. The molecule has 35 atom stereocenters. The third kappa shape index (κ3) is 13.0. The molecule has 35 unspecified atom stereocenters. The van der Waals surface area contributed by atoms with E-state index in [1.807, 2.05) is 16.8 Å². The van der Waals surface area contributed by atoms with Crippen LogP contribution in [0.4, 0.5) is 0 Å². The van der Waals surface area contributed by atoms with Crippen LogP contribution in [0, 0.1) is 5.92 Å². The van der Waals surface area contributed by atoms with E-state index in [4.69, 9.17) is 61.6 Å². The lowest BCUT2D eigenvalue weighted by Gasteiger charge is -2.50. The van der Waals surface area contributed by atoms with Crippen molar-refractivity contribution in [1.29, 1.82) is 0 Å². The molecule has 34 heteroatoms. The number of hydrogen-bond acceptors (Lipinski definition) is 34. The monoisotopic (exact) mass is 1200 g/mol. The number of nitrogens with zero attached hydrogens (tertiary/aromatic N) is 2. The second kappa shape index (κ2) is 27.6. The molecule has 476 valence electrons. The van der Waals surface area contributed by atoms with Crippen molar-refractivity contribution in [3.63, 3.8) is 0 Å². The van der Waals surface area contributed by atoms with Gasteiger partial charge in [-0.1, -0.05) is 0 Å². The van der Waals surface area contributed by atoms with Crippen LogP contribution in [-0.2, 0) is 61.6 Å². The Hall–Kier alpha value is -1.36. The Morgan fingerprint density at radius 3 is 0.927 bits per heavy atom. The van der Waals surface area contributed by atoms with Crippen LogP contribution in [0.15, 0.2) is 0 Å². The van der Waals surface area contributed by atoms with E-state index in [-0.39, 0.29) is 6.54 Å². The summed E-state index contributed by atoms with van der Waals surface area (Å²) in [5, 5.41) is 214. The van der Waals surface area contributed by atoms with Crippen molar-refractivity contribution in [3.05, 3.63) is 0 Å². The van der Waals surface area contributed by atoms with Gasteiger partial charge in [-0.15, -0.1) is 0 Å². The molecule has 0 aromatic rings. The third-order valence-corrected chi connectivity index (χ3v) is 17.2. The molecule has 0 amide bonds. The Kier molecular flexibility index (Phi) is 21.9. The van der Waals surface area contributed by atoms with Gasteiger partial charge in [-0.25, -0.2) is 0 Å². The number of aliphatic hydroxyl groups excluding tert-OH is 19. The number of ether oxygens (including phenoxy) is 13. The minimum atomic E-state index is -2.17. The topological polar surface area (TPSA) is 511 Å². The van der Waals surface area contributed by atoms with Gasteiger partial charge >= 0.3 is 0 Å². The zero-order chi connectivity index (χ0) is 59.3. The fourth-order valence-electron chi connectivity index (χ4n) is 12.2. The first-order valence-corrected chi connectivity index (χ1v) is 27.5. The highest BCUT2D eigenvalue weighted by molar-refractivity contribution is 5.02. The van der Waals surface area contributed by atoms with E-state index in [0.717, 1.165) is 0 Å². The molecule has 22 heterocycles. The highest BCUT2D eigenvalue weighted by atomic mass is 16.8. The summed E-state index contributed by atoms with van der Waals surface area (Å²) in [6.45, 7) is -1.33. The van der Waals surface area contributed by atoms with Crippen molar-refractivity contribution in [2.24, 2.45) is 5.92 Å². The molecule has 22 fully saturated rings. The maximum atomic E-state index is 11.9. The highest BCUT2D eigenvalue weighted by Gasteiger charge is 2.59. The molecule has 22 aliphatic rings. The molecule has 0 aliphatic carbocycles. The van der Waals surface area contributed by atoms with Gasteiger partial charge in [0.25, 0.3) is 0 Å². The first-order valence-electron chi connectivity index (χ1n) is 27.5. The van der Waals surface area contributed by atoms with Crippen molar-refractivity contribution in [1.82, 2.24) is 9.80 Å². The van der Waals surface area contributed by atoms with E-state index in [0.29, 0.717) is 26.2 Å². The molecule has 22 rings (SSSR count). The number of hydrogen-bond donors (Lipinski definition) is 19. The molecule has 0 aromatic carbocycles. The Bertz CT molecular complexity index is 1980. The summed E-state index contributed by atoms with van der Waals surface area (Å²) in [6.07, 6.45) is -63.0. The molecule has 14 bridgehead atoms. The SMILES string of the molecule is CC1OC2CC3C(CO)OC(OC4C(CO)OC(OC5C(CO)OC(OC6C(CO)OC(OC7C(CN8CCN(C)CC8)OC(OC8C(CO)OC(OC1C(O)C2O)C(O)C8O)C(O)C7O)C(O)C6O)C(O)C5O)C(O)C4O)C(O)C3O. The summed E-state index contributed by atoms with van der Waals surface area (Å²) in [5.74, 6) is -1.29. The first kappa shape index (κ1) is 65.1. The lowest BCUT2D eigenvalue weighted by Crippen LogP contribution is -2.68. The molecule has 0 aromatic heterocycles. The normalized spacial score (nSPS) is 54.3. The van der Waals surface area contributed by atoms with Crippen LogP contribution in [0.25, 0.3) is 0 Å². The quantitative estimate of drug-likeness (QED) is 0.113. The molecule has 22 aliphatic heterocycles. The van der Waals surface area contributed by atoms with Crippen LogP contribution in [-0.4, -0.2) is 388 Å². The van der Waals surface area contributed by atoms with Gasteiger partial charge in [-0.3, -0.25) is 4.90 Å². The van der Waals surface area contributed by atoms with E-state index < -0.39 is 254 Å². The van der Waals surface area contributed by atoms with Gasteiger partial charge < -0.3 is 164 Å². The summed E-state index contributed by atoms with van der Waals surface area (Å²) < 4.78 is 76.8. The van der Waals surface area contributed by atoms with Crippen molar-refractivity contribution in [2.75, 3.05) is 72.8 Å². The van der Waals surface area contributed by atoms with Gasteiger partial charge in [-0.2, -0.15) is 0 Å². The maximum absolute atomic E-state index is 11.9. The van der Waals surface area contributed by atoms with Gasteiger partial charge in [-0.05, 0) is 20.4 Å². The Labute approximate surface area is 468 Å². The summed E-state index contributed by atoms with van der Waals surface area (Å²) >= 11 is 0. The summed E-state index contributed by atoms with van der Waals surface area (Å²) in [7, 11) is 1.90. The largest absolute Gasteiger partial charge is 0.394 e. The maximum Gasteiger partial charge on any atom is 0.187 e. The minimum Gasteiger partial charge on any atom is -0.394 e. The molecule has 0 saturated carbocycles. The van der Waals surface area contributed by atoms with Gasteiger partial charge in [0.15, 0.2) is 37.7 Å². The lowest BCUT2D eigenvalue weighted by molar-refractivity contribution is -0.396. The van der Waals surface area contributed by atoms with Crippen LogP contribution in [0.1, 0.15) is 13.3 Å². The van der Waals surface area contributed by atoms with Gasteiger partial charge in [0, 0.05) is 38.6 Å². The lowest BCUT2D eigenvalue weighted by atomic mass is 9.81. The smallest absolute Gasteiger partial charge is 0.187 e. The average molecular weight is 1200 g/mol. The predicted molar refractivity (Wildman–Crippen MR) is 257 cm³/mol. The van der Waals surface area contributed by atoms with Crippen molar-refractivity contribution in [2.45, 2.75) is 222 Å². The molecular weight excluding hydrogens is 1120 g/mol. The molecule has 0 radical (unpaired) electrons. The molecule has 0 spiro atoms. The van der Waals surface area contributed by atoms with Gasteiger partial charge in [0.2, 0.25) is 0 Å². The average Bonchev–Trinajstić information content (AvgIpc) is 2.98. The number of aliphatic hydroxyl groups is 19. The Morgan fingerprint density at radius 1 is 0.305 bits per heavy atom. The van der Waals surface area contributed by atoms with E-state index >= 15 is 0 Å². The van der Waals surface area contributed by atoms with Crippen LogP contribution in [0.3, 0.4) is 0 Å². The minimum absolute atomic E-state index is 0.0518. The van der Waals surface area contributed by atoms with E-state index in [1.165, 1.54) is 6.92 Å². The van der Waals surface area contributed by atoms with E-state index in [1.54, 1.807) is 0 Å². The summed E-state index contributed by atoms with van der Waals surface area (Å²) in [5.41, 5.74) is 0. The highest BCUT2D eigenvalue weighted by Crippen LogP contribution is 2.40. The van der Waals surface area contributed by atoms with E-state index in [2.05, 4.69) is 0 Å². The third-order valence-electron chi connectivity index (χ3n) is 17.2. The zero-order valence-electron chi connectivity index (χ0n) is 44.7. The fourth-order valence-corrected chi connectivity index (χ4v) is 12.2. The van der Waals surface area contributed by atoms with Crippen LogP contribution >= 0.6 is 0 Å². The Morgan fingerprint density at radius 2 is 0.585 bits per heavy atom. The molecule has 34 nitrogen and oxygen atoms in total. The Balaban J connectivity index is 1.01. The number of rotatable bonds is 7. The predicted octanol–water partition coefficient (Wildman–Crippen LogP) is -13.3. The van der Waals surface area contributed by atoms with E-state index in [9.17, 15) is 97.0 Å². The van der Waals surface area contributed by atoms with Crippen molar-refractivity contribution < 1.29 is 159 Å². The molecule has 82 heavy (non-hydrogen) atoms. The second-order valence-electron chi connectivity index (χ2n) is 22.5. The van der Waals surface area contributed by atoms with Gasteiger partial charge in [0.1, 0.15) is 146 Å². The number of likely N-dealkylation sites (N-methyl/N-ethyl adjacent to an activating group) is 1. The summed E-state index contributed by atoms with van der Waals surface area (Å²) in [4.78, 5) is 3.96. The molecule has 19 N–H and O–H groups in total. The van der Waals surface area contributed by atoms with Crippen molar-refractivity contribution in [3.8, 4) is 0 Å². The fraction of sp³-hybridized carbons (Fsp3) is 1.00. The standard InChI is InChI=1S/C48H82N2O32/c1-14-37-25(58)24(57)16(70-14)7-15-18(9-51)72-43(31(64)23(15)56)79-39-20(11-53)75-47(35(68)29(39)62)82-42-22(13-55)76-48(36(69)30(42)63)81-41-21(12-54)74-46(34(67)28(41)61)78-38-17(8-50-5-3-49(2)4-6-50)71-44(32(65)26(38)59)80-40-19(10-52)73-45(77-37)33(66)27(40)60/h14-48,51-69H,3-13H2,1-2H3. The summed E-state index contributed by atoms with van der Waals surface area (Å²) in [6, 6.07) is 0. The number of piperazine rings is 1. The zero-order valence-corrected chi connectivity index (χ0v) is 44.7. The van der Waals surface area contributed by atoms with Crippen LogP contribution in [0.2, 0.25) is 0 Å². The van der Waals surface area contributed by atoms with Crippen molar-refractivity contribution >= 4 is 0 Å². The molecular formula is C48H82N2O32. The van der Waals surface area contributed by atoms with Crippen LogP contribution < -0.4 is 0 Å². The molecule has 22 saturated heterocycles. The van der Waals surface area contributed by atoms with Gasteiger partial charge in [0.05, 0.1) is 57.5 Å². The first-order chi connectivity index (χ1) is 39.0.